The molecule has 1 aromatic rings. The summed E-state index contributed by atoms with van der Waals surface area (Å²) in [5.74, 6) is 0.760. The molecule has 0 bridgehead atoms. The van der Waals surface area contributed by atoms with Crippen molar-refractivity contribution >= 4 is 11.6 Å². The molecule has 2 nitrogen and oxygen atoms in total. The Labute approximate surface area is 70.7 Å². The summed E-state index contributed by atoms with van der Waals surface area (Å²) in [5.41, 5.74) is 0. The van der Waals surface area contributed by atoms with E-state index in [-0.39, 0.29) is 6.79 Å². The van der Waals surface area contributed by atoms with Crippen LogP contribution >= 0.6 is 11.6 Å². The third kappa shape index (κ3) is 2.78. The first-order valence-electron chi connectivity index (χ1n) is 3.20. The van der Waals surface area contributed by atoms with E-state index >= 15 is 0 Å². The maximum atomic E-state index is 5.66. The molecule has 0 aliphatic heterocycles. The standard InChI is InChI=1S/C8H9ClO2/c1-10-6-11-8-4-2-7(9)3-5-8/h2-5H,6H2,1H3. The van der Waals surface area contributed by atoms with Crippen molar-refractivity contribution in [2.24, 2.45) is 0 Å². The number of methoxy groups -OCH3 is 1. The van der Waals surface area contributed by atoms with E-state index in [4.69, 9.17) is 21.1 Å². The summed E-state index contributed by atoms with van der Waals surface area (Å²) in [5, 5.41) is 0.703. The Morgan fingerprint density at radius 3 is 2.45 bits per heavy atom. The van der Waals surface area contributed by atoms with Crippen molar-refractivity contribution in [2.75, 3.05) is 13.9 Å². The fourth-order valence-corrected chi connectivity index (χ4v) is 0.784. The first kappa shape index (κ1) is 8.37. The average molecular weight is 173 g/mol. The van der Waals surface area contributed by atoms with Gasteiger partial charge in [-0.15, -0.1) is 0 Å². The highest BCUT2D eigenvalue weighted by Gasteiger charge is 1.90. The van der Waals surface area contributed by atoms with Gasteiger partial charge in [0.2, 0.25) is 0 Å². The topological polar surface area (TPSA) is 18.5 Å². The minimum atomic E-state index is 0.266. The van der Waals surface area contributed by atoms with Gasteiger partial charge in [-0.2, -0.15) is 0 Å². The van der Waals surface area contributed by atoms with Crippen molar-refractivity contribution in [3.05, 3.63) is 29.3 Å². The van der Waals surface area contributed by atoms with Crippen LogP contribution in [-0.2, 0) is 4.74 Å². The Bertz CT molecular complexity index is 208. The summed E-state index contributed by atoms with van der Waals surface area (Å²) >= 11 is 5.66. The Hall–Kier alpha value is -0.730. The lowest BCUT2D eigenvalue weighted by atomic mass is 10.3. The molecule has 0 saturated heterocycles. The van der Waals surface area contributed by atoms with Crippen molar-refractivity contribution in [1.82, 2.24) is 0 Å². The van der Waals surface area contributed by atoms with E-state index in [0.717, 1.165) is 5.75 Å². The van der Waals surface area contributed by atoms with E-state index in [2.05, 4.69) is 0 Å². The van der Waals surface area contributed by atoms with Gasteiger partial charge in [-0.1, -0.05) is 11.6 Å². The predicted molar refractivity (Wildman–Crippen MR) is 44.0 cm³/mol. The van der Waals surface area contributed by atoms with Crippen molar-refractivity contribution in [3.63, 3.8) is 0 Å². The van der Waals surface area contributed by atoms with E-state index in [0.29, 0.717) is 5.02 Å². The molecule has 0 unspecified atom stereocenters. The maximum absolute atomic E-state index is 5.66. The molecule has 0 amide bonds. The molecule has 0 spiro atoms. The van der Waals surface area contributed by atoms with E-state index in [1.54, 1.807) is 31.4 Å². The van der Waals surface area contributed by atoms with Crippen LogP contribution in [0.1, 0.15) is 0 Å². The first-order valence-corrected chi connectivity index (χ1v) is 3.58. The normalized spacial score (nSPS) is 9.64. The molecule has 0 aromatic heterocycles. The predicted octanol–water partition coefficient (Wildman–Crippen LogP) is 2.32. The van der Waals surface area contributed by atoms with Gasteiger partial charge in [-0.05, 0) is 24.3 Å². The number of rotatable bonds is 3. The molecule has 0 atom stereocenters. The van der Waals surface area contributed by atoms with Crippen molar-refractivity contribution in [3.8, 4) is 5.75 Å². The van der Waals surface area contributed by atoms with Crippen LogP contribution in [0.4, 0.5) is 0 Å². The fourth-order valence-electron chi connectivity index (χ4n) is 0.658. The van der Waals surface area contributed by atoms with Crippen LogP contribution in [0.3, 0.4) is 0 Å². The van der Waals surface area contributed by atoms with E-state index in [1.807, 2.05) is 0 Å². The quantitative estimate of drug-likeness (QED) is 0.652. The second kappa shape index (κ2) is 4.21. The zero-order valence-corrected chi connectivity index (χ0v) is 6.97. The third-order valence-electron chi connectivity index (χ3n) is 1.16. The largest absolute Gasteiger partial charge is 0.468 e. The second-order valence-corrected chi connectivity index (χ2v) is 2.44. The molecule has 3 heteroatoms. The monoisotopic (exact) mass is 172 g/mol. The molecule has 0 saturated carbocycles. The lowest BCUT2D eigenvalue weighted by molar-refractivity contribution is 0.0511. The summed E-state index contributed by atoms with van der Waals surface area (Å²) in [4.78, 5) is 0. The van der Waals surface area contributed by atoms with Gasteiger partial charge in [0.1, 0.15) is 5.75 Å². The van der Waals surface area contributed by atoms with Gasteiger partial charge < -0.3 is 9.47 Å². The summed E-state index contributed by atoms with van der Waals surface area (Å²) in [7, 11) is 1.58. The van der Waals surface area contributed by atoms with Crippen LogP contribution < -0.4 is 4.74 Å². The van der Waals surface area contributed by atoms with Gasteiger partial charge in [0.05, 0.1) is 0 Å². The molecule has 0 radical (unpaired) electrons. The maximum Gasteiger partial charge on any atom is 0.188 e. The molecular weight excluding hydrogens is 164 g/mol. The van der Waals surface area contributed by atoms with Crippen LogP contribution in [0.15, 0.2) is 24.3 Å². The lowest BCUT2D eigenvalue weighted by Crippen LogP contribution is -1.97. The zero-order chi connectivity index (χ0) is 8.10. The summed E-state index contributed by atoms with van der Waals surface area (Å²) in [6.45, 7) is 0.266. The third-order valence-corrected chi connectivity index (χ3v) is 1.41. The van der Waals surface area contributed by atoms with Crippen molar-refractivity contribution in [2.45, 2.75) is 0 Å². The molecule has 11 heavy (non-hydrogen) atoms. The van der Waals surface area contributed by atoms with Gasteiger partial charge in [0.15, 0.2) is 6.79 Å². The van der Waals surface area contributed by atoms with Crippen molar-refractivity contribution in [1.29, 1.82) is 0 Å². The van der Waals surface area contributed by atoms with E-state index in [9.17, 15) is 0 Å². The highest BCUT2D eigenvalue weighted by Crippen LogP contribution is 2.14. The molecule has 0 aliphatic rings. The number of benzene rings is 1. The Morgan fingerprint density at radius 1 is 1.27 bits per heavy atom. The van der Waals surface area contributed by atoms with Crippen molar-refractivity contribution < 1.29 is 9.47 Å². The summed E-state index contributed by atoms with van der Waals surface area (Å²) in [6.07, 6.45) is 0. The Morgan fingerprint density at radius 2 is 1.91 bits per heavy atom. The number of halogens is 1. The summed E-state index contributed by atoms with van der Waals surface area (Å²) < 4.78 is 9.85. The smallest absolute Gasteiger partial charge is 0.188 e. The van der Waals surface area contributed by atoms with Gasteiger partial charge in [-0.25, -0.2) is 0 Å². The fraction of sp³-hybridized carbons (Fsp3) is 0.250. The molecule has 0 aliphatic carbocycles. The van der Waals surface area contributed by atoms with Gasteiger partial charge in [0.25, 0.3) is 0 Å². The first-order chi connectivity index (χ1) is 5.33. The van der Waals surface area contributed by atoms with Gasteiger partial charge in [0, 0.05) is 12.1 Å². The van der Waals surface area contributed by atoms with Gasteiger partial charge in [-0.3, -0.25) is 0 Å². The van der Waals surface area contributed by atoms with Crippen LogP contribution in [0.25, 0.3) is 0 Å². The van der Waals surface area contributed by atoms with Crippen LogP contribution in [-0.4, -0.2) is 13.9 Å². The number of hydrogen-bond donors (Lipinski definition) is 0. The Kier molecular flexibility index (Phi) is 3.20. The SMILES string of the molecule is COCOc1ccc(Cl)cc1. The zero-order valence-electron chi connectivity index (χ0n) is 6.21. The van der Waals surface area contributed by atoms with Crippen LogP contribution in [0.2, 0.25) is 5.02 Å². The van der Waals surface area contributed by atoms with Crippen LogP contribution in [0.5, 0.6) is 5.75 Å². The summed E-state index contributed by atoms with van der Waals surface area (Å²) in [6, 6.07) is 7.13. The van der Waals surface area contributed by atoms with E-state index < -0.39 is 0 Å². The second-order valence-electron chi connectivity index (χ2n) is 2.00. The Balaban J connectivity index is 2.52. The van der Waals surface area contributed by atoms with E-state index in [1.165, 1.54) is 0 Å². The highest BCUT2D eigenvalue weighted by molar-refractivity contribution is 6.30. The minimum Gasteiger partial charge on any atom is -0.468 e. The molecule has 0 heterocycles. The number of hydrogen-bond acceptors (Lipinski definition) is 2. The molecule has 0 N–H and O–H groups in total. The highest BCUT2D eigenvalue weighted by atomic mass is 35.5. The minimum absolute atomic E-state index is 0.266. The van der Waals surface area contributed by atoms with Crippen LogP contribution in [0, 0.1) is 0 Å². The molecule has 1 aromatic carbocycles. The molecule has 60 valence electrons. The number of ether oxygens (including phenoxy) is 2. The van der Waals surface area contributed by atoms with Gasteiger partial charge >= 0.3 is 0 Å². The molecule has 0 fully saturated rings. The average Bonchev–Trinajstić information content (AvgIpc) is 2.04. The molecule has 1 rings (SSSR count). The molecular formula is C8H9ClO2. The lowest BCUT2D eigenvalue weighted by Gasteiger charge is -2.02.